The first kappa shape index (κ1) is 19.3. The van der Waals surface area contributed by atoms with Gasteiger partial charge in [0.25, 0.3) is 5.56 Å². The molecule has 0 fully saturated rings. The third-order valence-corrected chi connectivity index (χ3v) is 5.14. The van der Waals surface area contributed by atoms with E-state index in [2.05, 4.69) is 9.72 Å². The maximum Gasteiger partial charge on any atom is 0.306 e. The Kier molecular flexibility index (Phi) is 6.03. The summed E-state index contributed by atoms with van der Waals surface area (Å²) < 4.78 is 11.3. The Bertz CT molecular complexity index is 1050. The number of rotatable bonds is 6. The molecule has 0 aliphatic heterocycles. The number of thioether (sulfide) groups is 1. The Morgan fingerprint density at radius 2 is 2.00 bits per heavy atom. The number of para-hydroxylation sites is 1. The van der Waals surface area contributed by atoms with Crippen LogP contribution in [0, 0.1) is 0 Å². The third-order valence-electron chi connectivity index (χ3n) is 3.90. The summed E-state index contributed by atoms with van der Waals surface area (Å²) in [7, 11) is 2.87. The molecule has 0 spiro atoms. The molecule has 8 heteroatoms. The van der Waals surface area contributed by atoms with Crippen LogP contribution in [0.1, 0.15) is 6.42 Å². The molecule has 0 aliphatic rings. The molecule has 0 radical (unpaired) electrons. The van der Waals surface area contributed by atoms with Crippen molar-refractivity contribution in [3.8, 4) is 11.4 Å². The second-order valence-corrected chi connectivity index (χ2v) is 7.01. The van der Waals surface area contributed by atoms with Gasteiger partial charge in [-0.25, -0.2) is 4.98 Å². The average molecular weight is 405 g/mol. The van der Waals surface area contributed by atoms with Gasteiger partial charge < -0.3 is 9.47 Å². The smallest absolute Gasteiger partial charge is 0.306 e. The number of aromatic nitrogens is 2. The van der Waals surface area contributed by atoms with E-state index in [1.807, 2.05) is 6.07 Å². The van der Waals surface area contributed by atoms with E-state index in [1.165, 1.54) is 30.5 Å². The lowest BCUT2D eigenvalue weighted by Crippen LogP contribution is -2.22. The van der Waals surface area contributed by atoms with Crippen LogP contribution in [0.2, 0.25) is 5.02 Å². The molecular weight excluding hydrogens is 388 g/mol. The SMILES string of the molecule is COC(=O)CCSc1nc2ccccc2c(=O)n1-c1ccc(OC)c(Cl)c1. The quantitative estimate of drug-likeness (QED) is 0.354. The number of fused-ring (bicyclic) bond motifs is 1. The fourth-order valence-electron chi connectivity index (χ4n) is 2.56. The van der Waals surface area contributed by atoms with E-state index in [-0.39, 0.29) is 17.9 Å². The van der Waals surface area contributed by atoms with Crippen LogP contribution >= 0.6 is 23.4 Å². The van der Waals surface area contributed by atoms with Crippen LogP contribution in [-0.4, -0.2) is 35.5 Å². The van der Waals surface area contributed by atoms with Gasteiger partial charge in [-0.05, 0) is 30.3 Å². The molecule has 1 aromatic heterocycles. The van der Waals surface area contributed by atoms with Crippen molar-refractivity contribution < 1.29 is 14.3 Å². The van der Waals surface area contributed by atoms with Crippen molar-refractivity contribution in [1.29, 1.82) is 0 Å². The molecular formula is C19H17ClN2O4S. The minimum absolute atomic E-state index is 0.206. The third kappa shape index (κ3) is 4.09. The van der Waals surface area contributed by atoms with Gasteiger partial charge in [0.1, 0.15) is 5.75 Å². The first-order valence-corrected chi connectivity index (χ1v) is 9.47. The van der Waals surface area contributed by atoms with Crippen LogP contribution in [0.4, 0.5) is 0 Å². The van der Waals surface area contributed by atoms with Crippen LogP contribution in [0.25, 0.3) is 16.6 Å². The van der Waals surface area contributed by atoms with Gasteiger partial charge in [0.05, 0.1) is 42.3 Å². The lowest BCUT2D eigenvalue weighted by atomic mass is 10.2. The Hall–Kier alpha value is -2.51. The standard InChI is InChI=1S/C19H17ClN2O4S/c1-25-16-8-7-12(11-14(16)20)22-18(24)13-5-3-4-6-15(13)21-19(22)27-10-9-17(23)26-2/h3-8,11H,9-10H2,1-2H3. The van der Waals surface area contributed by atoms with E-state index in [0.29, 0.717) is 38.3 Å². The molecule has 3 aromatic rings. The van der Waals surface area contributed by atoms with Crippen molar-refractivity contribution in [3.63, 3.8) is 0 Å². The van der Waals surface area contributed by atoms with Crippen LogP contribution in [0.15, 0.2) is 52.4 Å². The lowest BCUT2D eigenvalue weighted by Gasteiger charge is -2.14. The summed E-state index contributed by atoms with van der Waals surface area (Å²) in [6, 6.07) is 12.2. The van der Waals surface area contributed by atoms with Crippen molar-refractivity contribution in [2.45, 2.75) is 11.6 Å². The van der Waals surface area contributed by atoms with E-state index in [0.717, 1.165) is 0 Å². The molecule has 0 bridgehead atoms. The monoisotopic (exact) mass is 404 g/mol. The molecule has 0 N–H and O–H groups in total. The Morgan fingerprint density at radius 3 is 2.70 bits per heavy atom. The number of halogens is 1. The molecule has 0 atom stereocenters. The zero-order valence-corrected chi connectivity index (χ0v) is 16.3. The second kappa shape index (κ2) is 8.45. The zero-order valence-electron chi connectivity index (χ0n) is 14.8. The number of ether oxygens (including phenoxy) is 2. The highest BCUT2D eigenvalue weighted by atomic mass is 35.5. The molecule has 0 unspecified atom stereocenters. The minimum atomic E-state index is -0.315. The number of benzene rings is 2. The summed E-state index contributed by atoms with van der Waals surface area (Å²) in [4.78, 5) is 29.1. The van der Waals surface area contributed by atoms with E-state index in [9.17, 15) is 9.59 Å². The molecule has 0 saturated heterocycles. The molecule has 0 saturated carbocycles. The van der Waals surface area contributed by atoms with Gasteiger partial charge in [-0.1, -0.05) is 35.5 Å². The topological polar surface area (TPSA) is 70.4 Å². The van der Waals surface area contributed by atoms with E-state index in [4.69, 9.17) is 16.3 Å². The highest BCUT2D eigenvalue weighted by molar-refractivity contribution is 7.99. The Morgan fingerprint density at radius 1 is 1.22 bits per heavy atom. The van der Waals surface area contributed by atoms with Crippen molar-refractivity contribution in [2.75, 3.05) is 20.0 Å². The van der Waals surface area contributed by atoms with E-state index >= 15 is 0 Å². The van der Waals surface area contributed by atoms with Crippen molar-refractivity contribution in [3.05, 3.63) is 57.8 Å². The summed E-state index contributed by atoms with van der Waals surface area (Å²) in [5.41, 5.74) is 0.964. The molecule has 140 valence electrons. The van der Waals surface area contributed by atoms with Crippen LogP contribution in [0.5, 0.6) is 5.75 Å². The van der Waals surface area contributed by atoms with Crippen molar-refractivity contribution >= 4 is 40.2 Å². The van der Waals surface area contributed by atoms with Gasteiger partial charge in [0, 0.05) is 5.75 Å². The highest BCUT2D eigenvalue weighted by Crippen LogP contribution is 2.28. The Balaban J connectivity index is 2.12. The van der Waals surface area contributed by atoms with Crippen LogP contribution in [0.3, 0.4) is 0 Å². The average Bonchev–Trinajstić information content (AvgIpc) is 2.68. The number of carbonyl (C=O) groups excluding carboxylic acids is 1. The molecule has 0 aliphatic carbocycles. The number of carbonyl (C=O) groups is 1. The summed E-state index contributed by atoms with van der Waals surface area (Å²) in [6.07, 6.45) is 0.216. The van der Waals surface area contributed by atoms with Gasteiger partial charge in [-0.2, -0.15) is 0 Å². The van der Waals surface area contributed by atoms with Gasteiger partial charge >= 0.3 is 5.97 Å². The maximum absolute atomic E-state index is 13.1. The summed E-state index contributed by atoms with van der Waals surface area (Å²) in [5, 5.41) is 1.37. The van der Waals surface area contributed by atoms with Gasteiger partial charge in [-0.15, -0.1) is 0 Å². The number of nitrogens with zero attached hydrogens (tertiary/aromatic N) is 2. The highest BCUT2D eigenvalue weighted by Gasteiger charge is 2.15. The van der Waals surface area contributed by atoms with Gasteiger partial charge in [0.15, 0.2) is 5.16 Å². The first-order chi connectivity index (χ1) is 13.0. The normalized spacial score (nSPS) is 10.8. The predicted octanol–water partition coefficient (Wildman–Crippen LogP) is 3.70. The molecule has 0 amide bonds. The van der Waals surface area contributed by atoms with Gasteiger partial charge in [0.2, 0.25) is 0 Å². The fraction of sp³-hybridized carbons (Fsp3) is 0.211. The molecule has 3 rings (SSSR count). The number of esters is 1. The van der Waals surface area contributed by atoms with E-state index < -0.39 is 0 Å². The number of hydrogen-bond acceptors (Lipinski definition) is 6. The van der Waals surface area contributed by atoms with Crippen LogP contribution in [-0.2, 0) is 9.53 Å². The Labute approximate surface area is 165 Å². The maximum atomic E-state index is 13.1. The fourth-order valence-corrected chi connectivity index (χ4v) is 3.74. The second-order valence-electron chi connectivity index (χ2n) is 5.55. The minimum Gasteiger partial charge on any atom is -0.495 e. The summed E-state index contributed by atoms with van der Waals surface area (Å²) in [5.74, 6) is 0.633. The molecule has 6 nitrogen and oxygen atoms in total. The first-order valence-electron chi connectivity index (χ1n) is 8.10. The molecule has 2 aromatic carbocycles. The number of hydrogen-bond donors (Lipinski definition) is 0. The number of methoxy groups -OCH3 is 2. The lowest BCUT2D eigenvalue weighted by molar-refractivity contribution is -0.140. The van der Waals surface area contributed by atoms with Crippen LogP contribution < -0.4 is 10.3 Å². The van der Waals surface area contributed by atoms with Crippen molar-refractivity contribution in [2.24, 2.45) is 0 Å². The van der Waals surface area contributed by atoms with Crippen molar-refractivity contribution in [1.82, 2.24) is 9.55 Å². The molecule has 27 heavy (non-hydrogen) atoms. The van der Waals surface area contributed by atoms with E-state index in [1.54, 1.807) is 36.4 Å². The largest absolute Gasteiger partial charge is 0.495 e. The summed E-state index contributed by atoms with van der Waals surface area (Å²) >= 11 is 7.55. The summed E-state index contributed by atoms with van der Waals surface area (Å²) in [6.45, 7) is 0. The molecule has 1 heterocycles. The zero-order chi connectivity index (χ0) is 19.4. The predicted molar refractivity (Wildman–Crippen MR) is 106 cm³/mol. The van der Waals surface area contributed by atoms with Gasteiger partial charge in [-0.3, -0.25) is 14.2 Å².